The summed E-state index contributed by atoms with van der Waals surface area (Å²) in [7, 11) is 1.31. The molecule has 1 N–H and O–H groups in total. The molecular formula is C11H17NO4. The van der Waals surface area contributed by atoms with E-state index >= 15 is 0 Å². The first kappa shape index (κ1) is 11.5. The lowest BCUT2D eigenvalue weighted by Gasteiger charge is -2.34. The minimum absolute atomic E-state index is 0.00845. The van der Waals surface area contributed by atoms with E-state index in [2.05, 4.69) is 4.74 Å². The third-order valence-corrected chi connectivity index (χ3v) is 3.37. The highest BCUT2D eigenvalue weighted by molar-refractivity contribution is 6.35. The molecule has 0 radical (unpaired) electrons. The summed E-state index contributed by atoms with van der Waals surface area (Å²) >= 11 is 0. The van der Waals surface area contributed by atoms with Gasteiger partial charge in [0.1, 0.15) is 5.71 Å². The molecule has 5 nitrogen and oxygen atoms in total. The monoisotopic (exact) mass is 227 g/mol. The van der Waals surface area contributed by atoms with E-state index in [1.54, 1.807) is 0 Å². The van der Waals surface area contributed by atoms with E-state index < -0.39 is 11.8 Å². The van der Waals surface area contributed by atoms with E-state index in [1.165, 1.54) is 7.11 Å². The number of hydrogen-bond donors (Lipinski definition) is 1. The second-order valence-electron chi connectivity index (χ2n) is 4.29. The van der Waals surface area contributed by atoms with Crippen molar-refractivity contribution in [3.8, 4) is 0 Å². The summed E-state index contributed by atoms with van der Waals surface area (Å²) < 4.78 is 15.7. The topological polar surface area (TPSA) is 68.6 Å². The Labute approximate surface area is 94.6 Å². The fourth-order valence-electron chi connectivity index (χ4n) is 2.41. The van der Waals surface area contributed by atoms with Gasteiger partial charge in [0.2, 0.25) is 0 Å². The zero-order chi connectivity index (χ0) is 11.6. The Hall–Kier alpha value is -0.940. The number of methoxy groups -OCH3 is 1. The van der Waals surface area contributed by atoms with Crippen LogP contribution in [0.15, 0.2) is 0 Å². The van der Waals surface area contributed by atoms with E-state index in [1.807, 2.05) is 0 Å². The number of rotatable bonds is 2. The maximum atomic E-state index is 11.2. The van der Waals surface area contributed by atoms with Crippen LogP contribution in [0.5, 0.6) is 0 Å². The quantitative estimate of drug-likeness (QED) is 0.567. The summed E-state index contributed by atoms with van der Waals surface area (Å²) in [5.41, 5.74) is 0.0790. The van der Waals surface area contributed by atoms with Crippen LogP contribution in [0, 0.1) is 11.3 Å². The van der Waals surface area contributed by atoms with Crippen molar-refractivity contribution in [3.05, 3.63) is 0 Å². The van der Waals surface area contributed by atoms with Gasteiger partial charge < -0.3 is 14.2 Å². The molecule has 90 valence electrons. The average molecular weight is 227 g/mol. The minimum Gasteiger partial charge on any atom is -0.465 e. The van der Waals surface area contributed by atoms with Gasteiger partial charge in [-0.15, -0.1) is 0 Å². The second-order valence-corrected chi connectivity index (χ2v) is 4.29. The molecule has 1 heterocycles. The van der Waals surface area contributed by atoms with Gasteiger partial charge in [-0.1, -0.05) is 0 Å². The summed E-state index contributed by atoms with van der Waals surface area (Å²) in [5, 5.41) is 7.69. The van der Waals surface area contributed by atoms with Gasteiger partial charge in [0, 0.05) is 18.8 Å². The van der Waals surface area contributed by atoms with E-state index in [-0.39, 0.29) is 11.6 Å². The van der Waals surface area contributed by atoms with Crippen LogP contribution in [0.3, 0.4) is 0 Å². The predicted octanol–water partition coefficient (Wildman–Crippen LogP) is 1.11. The van der Waals surface area contributed by atoms with Gasteiger partial charge in [0.15, 0.2) is 5.79 Å². The van der Waals surface area contributed by atoms with Crippen LogP contribution >= 0.6 is 0 Å². The lowest BCUT2D eigenvalue weighted by molar-refractivity contribution is -0.179. The third kappa shape index (κ3) is 2.10. The first-order valence-corrected chi connectivity index (χ1v) is 5.61. The van der Waals surface area contributed by atoms with Gasteiger partial charge in [0.25, 0.3) is 0 Å². The maximum absolute atomic E-state index is 11.2. The molecule has 2 rings (SSSR count). The van der Waals surface area contributed by atoms with Crippen LogP contribution in [0.4, 0.5) is 0 Å². The molecule has 1 saturated heterocycles. The molecule has 5 heteroatoms. The van der Waals surface area contributed by atoms with Crippen molar-refractivity contribution in [1.82, 2.24) is 0 Å². The molecule has 1 spiro atoms. The Morgan fingerprint density at radius 3 is 2.38 bits per heavy atom. The van der Waals surface area contributed by atoms with Gasteiger partial charge >= 0.3 is 5.97 Å². The van der Waals surface area contributed by atoms with Gasteiger partial charge in [-0.2, -0.15) is 0 Å². The highest BCUT2D eigenvalue weighted by Gasteiger charge is 2.41. The van der Waals surface area contributed by atoms with E-state index in [4.69, 9.17) is 14.9 Å². The Morgan fingerprint density at radius 2 is 1.88 bits per heavy atom. The summed E-state index contributed by atoms with van der Waals surface area (Å²) in [6.45, 7) is 1.30. The summed E-state index contributed by atoms with van der Waals surface area (Å²) in [6.07, 6.45) is 3.04. The van der Waals surface area contributed by atoms with Crippen LogP contribution in [0.1, 0.15) is 25.7 Å². The fourth-order valence-corrected chi connectivity index (χ4v) is 2.41. The van der Waals surface area contributed by atoms with Crippen molar-refractivity contribution in [2.75, 3.05) is 20.3 Å². The molecule has 0 aromatic heterocycles. The van der Waals surface area contributed by atoms with Crippen molar-refractivity contribution >= 4 is 11.7 Å². The highest BCUT2D eigenvalue weighted by atomic mass is 16.7. The molecular weight excluding hydrogens is 210 g/mol. The minimum atomic E-state index is -0.519. The van der Waals surface area contributed by atoms with Crippen LogP contribution in [-0.4, -0.2) is 37.8 Å². The van der Waals surface area contributed by atoms with Crippen LogP contribution in [0.2, 0.25) is 0 Å². The molecule has 0 atom stereocenters. The zero-order valence-electron chi connectivity index (χ0n) is 9.45. The molecule has 1 saturated carbocycles. The number of nitrogens with one attached hydrogen (secondary N) is 1. The molecule has 0 amide bonds. The lowest BCUT2D eigenvalue weighted by Crippen LogP contribution is -2.38. The molecule has 2 fully saturated rings. The third-order valence-electron chi connectivity index (χ3n) is 3.37. The highest BCUT2D eigenvalue weighted by Crippen LogP contribution is 2.38. The maximum Gasteiger partial charge on any atom is 0.351 e. The predicted molar refractivity (Wildman–Crippen MR) is 56.3 cm³/mol. The van der Waals surface area contributed by atoms with Crippen LogP contribution in [-0.2, 0) is 19.0 Å². The van der Waals surface area contributed by atoms with Gasteiger partial charge in [-0.25, -0.2) is 4.79 Å². The second kappa shape index (κ2) is 4.51. The Morgan fingerprint density at radius 1 is 1.31 bits per heavy atom. The zero-order valence-corrected chi connectivity index (χ0v) is 9.45. The van der Waals surface area contributed by atoms with E-state index in [9.17, 15) is 4.79 Å². The summed E-state index contributed by atoms with van der Waals surface area (Å²) in [5.74, 6) is -0.951. The van der Waals surface area contributed by atoms with Gasteiger partial charge in [-0.05, 0) is 12.8 Å². The number of esters is 1. The molecule has 16 heavy (non-hydrogen) atoms. The summed E-state index contributed by atoms with van der Waals surface area (Å²) in [6, 6.07) is 0. The van der Waals surface area contributed by atoms with Gasteiger partial charge in [0.05, 0.1) is 20.3 Å². The molecule has 1 aliphatic carbocycles. The van der Waals surface area contributed by atoms with Crippen LogP contribution in [0.25, 0.3) is 0 Å². The molecule has 1 aliphatic heterocycles. The van der Waals surface area contributed by atoms with Crippen LogP contribution < -0.4 is 0 Å². The summed E-state index contributed by atoms with van der Waals surface area (Å²) in [4.78, 5) is 11.2. The fraction of sp³-hybridized carbons (Fsp3) is 0.818. The van der Waals surface area contributed by atoms with Gasteiger partial charge in [-0.3, -0.25) is 5.41 Å². The number of ether oxygens (including phenoxy) is 3. The molecule has 0 aromatic carbocycles. The normalized spacial score (nSPS) is 24.6. The Kier molecular flexibility index (Phi) is 3.25. The Balaban J connectivity index is 1.89. The molecule has 0 unspecified atom stereocenters. The van der Waals surface area contributed by atoms with Crippen molar-refractivity contribution in [2.45, 2.75) is 31.5 Å². The molecule has 0 bridgehead atoms. The van der Waals surface area contributed by atoms with Crippen molar-refractivity contribution in [2.24, 2.45) is 5.92 Å². The lowest BCUT2D eigenvalue weighted by atomic mass is 9.82. The molecule has 0 aromatic rings. The van der Waals surface area contributed by atoms with Crippen molar-refractivity contribution in [1.29, 1.82) is 5.41 Å². The smallest absolute Gasteiger partial charge is 0.351 e. The van der Waals surface area contributed by atoms with E-state index in [0.29, 0.717) is 13.2 Å². The van der Waals surface area contributed by atoms with Crippen molar-refractivity contribution in [3.63, 3.8) is 0 Å². The number of carbonyl (C=O) groups excluding carboxylic acids is 1. The Bertz CT molecular complexity index is 286. The number of carbonyl (C=O) groups is 1. The first-order chi connectivity index (χ1) is 7.67. The SMILES string of the molecule is COC(=O)C(=N)C1CCC2(CC1)OCCO2. The largest absolute Gasteiger partial charge is 0.465 e. The molecule has 2 aliphatic rings. The van der Waals surface area contributed by atoms with E-state index in [0.717, 1.165) is 25.7 Å². The first-order valence-electron chi connectivity index (χ1n) is 5.61. The standard InChI is InChI=1S/C11H17NO4/c1-14-10(13)9(12)8-2-4-11(5-3-8)15-6-7-16-11/h8,12H,2-7H2,1H3. The number of hydrogen-bond acceptors (Lipinski definition) is 5. The average Bonchev–Trinajstić information content (AvgIpc) is 2.77. The van der Waals surface area contributed by atoms with Crippen molar-refractivity contribution < 1.29 is 19.0 Å².